The molecule has 2 rings (SSSR count). The SMILES string of the molecule is NC(=O)C1CN(Cc2cccc(Cl)c2)CCN1. The molecule has 4 nitrogen and oxygen atoms in total. The van der Waals surface area contributed by atoms with Crippen LogP contribution in [0.15, 0.2) is 24.3 Å². The molecule has 0 aliphatic carbocycles. The van der Waals surface area contributed by atoms with Crippen molar-refractivity contribution in [2.24, 2.45) is 5.73 Å². The third-order valence-electron chi connectivity index (χ3n) is 2.90. The highest BCUT2D eigenvalue weighted by molar-refractivity contribution is 6.30. The predicted octanol–water partition coefficient (Wildman–Crippen LogP) is 0.599. The van der Waals surface area contributed by atoms with Crippen molar-refractivity contribution >= 4 is 17.5 Å². The number of rotatable bonds is 3. The van der Waals surface area contributed by atoms with Crippen LogP contribution in [0.5, 0.6) is 0 Å². The van der Waals surface area contributed by atoms with E-state index in [0.717, 1.165) is 30.2 Å². The lowest BCUT2D eigenvalue weighted by molar-refractivity contribution is -0.121. The first-order chi connectivity index (χ1) is 8.15. The minimum atomic E-state index is -0.291. The van der Waals surface area contributed by atoms with Crippen LogP contribution in [0.2, 0.25) is 5.02 Å². The average molecular weight is 254 g/mol. The second-order valence-electron chi connectivity index (χ2n) is 4.27. The highest BCUT2D eigenvalue weighted by Crippen LogP contribution is 2.13. The Bertz CT molecular complexity index is 410. The largest absolute Gasteiger partial charge is 0.368 e. The van der Waals surface area contributed by atoms with Crippen LogP contribution in [-0.4, -0.2) is 36.5 Å². The fourth-order valence-corrected chi connectivity index (χ4v) is 2.25. The summed E-state index contributed by atoms with van der Waals surface area (Å²) in [6.45, 7) is 3.15. The maximum absolute atomic E-state index is 11.1. The number of carbonyl (C=O) groups is 1. The predicted molar refractivity (Wildman–Crippen MR) is 67.7 cm³/mol. The molecule has 1 aliphatic heterocycles. The van der Waals surface area contributed by atoms with Crippen molar-refractivity contribution in [3.63, 3.8) is 0 Å². The van der Waals surface area contributed by atoms with E-state index in [0.29, 0.717) is 6.54 Å². The molecule has 0 saturated carbocycles. The molecule has 1 amide bonds. The fourth-order valence-electron chi connectivity index (χ4n) is 2.04. The van der Waals surface area contributed by atoms with E-state index >= 15 is 0 Å². The molecule has 1 saturated heterocycles. The Morgan fingerprint density at radius 2 is 2.41 bits per heavy atom. The molecular formula is C12H16ClN3O. The van der Waals surface area contributed by atoms with Gasteiger partial charge in [-0.25, -0.2) is 0 Å². The molecular weight excluding hydrogens is 238 g/mol. The summed E-state index contributed by atoms with van der Waals surface area (Å²) in [5.74, 6) is -0.291. The molecule has 0 spiro atoms. The van der Waals surface area contributed by atoms with E-state index in [2.05, 4.69) is 10.2 Å². The van der Waals surface area contributed by atoms with Gasteiger partial charge in [0.25, 0.3) is 0 Å². The molecule has 1 unspecified atom stereocenters. The highest BCUT2D eigenvalue weighted by atomic mass is 35.5. The number of piperazine rings is 1. The van der Waals surface area contributed by atoms with Gasteiger partial charge in [-0.2, -0.15) is 0 Å². The van der Waals surface area contributed by atoms with E-state index in [1.165, 1.54) is 0 Å². The second-order valence-corrected chi connectivity index (χ2v) is 4.71. The third-order valence-corrected chi connectivity index (χ3v) is 3.13. The summed E-state index contributed by atoms with van der Waals surface area (Å²) < 4.78 is 0. The summed E-state index contributed by atoms with van der Waals surface area (Å²) >= 11 is 5.94. The van der Waals surface area contributed by atoms with Gasteiger partial charge >= 0.3 is 0 Å². The first-order valence-electron chi connectivity index (χ1n) is 5.64. The van der Waals surface area contributed by atoms with E-state index in [1.807, 2.05) is 24.3 Å². The number of hydrogen-bond donors (Lipinski definition) is 2. The Hall–Kier alpha value is -1.10. The van der Waals surface area contributed by atoms with Crippen LogP contribution in [0.4, 0.5) is 0 Å². The Morgan fingerprint density at radius 1 is 1.59 bits per heavy atom. The molecule has 1 aromatic carbocycles. The number of carbonyl (C=O) groups excluding carboxylic acids is 1. The van der Waals surface area contributed by atoms with Crippen molar-refractivity contribution in [1.29, 1.82) is 0 Å². The molecule has 1 atom stereocenters. The van der Waals surface area contributed by atoms with Gasteiger partial charge in [0, 0.05) is 31.2 Å². The molecule has 92 valence electrons. The van der Waals surface area contributed by atoms with E-state index in [4.69, 9.17) is 17.3 Å². The minimum absolute atomic E-state index is 0.247. The van der Waals surface area contributed by atoms with Crippen molar-refractivity contribution < 1.29 is 4.79 Å². The normalized spacial score (nSPS) is 21.4. The van der Waals surface area contributed by atoms with Crippen molar-refractivity contribution in [3.05, 3.63) is 34.9 Å². The highest BCUT2D eigenvalue weighted by Gasteiger charge is 2.23. The zero-order chi connectivity index (χ0) is 12.3. The first kappa shape index (κ1) is 12.4. The second kappa shape index (κ2) is 5.49. The number of nitrogens with one attached hydrogen (secondary N) is 1. The molecule has 3 N–H and O–H groups in total. The molecule has 5 heteroatoms. The van der Waals surface area contributed by atoms with Gasteiger partial charge in [-0.1, -0.05) is 23.7 Å². The zero-order valence-electron chi connectivity index (χ0n) is 9.53. The van der Waals surface area contributed by atoms with Gasteiger partial charge in [0.15, 0.2) is 0 Å². The Balaban J connectivity index is 1.97. The number of halogens is 1. The molecule has 1 aromatic rings. The molecule has 17 heavy (non-hydrogen) atoms. The maximum atomic E-state index is 11.1. The third kappa shape index (κ3) is 3.43. The van der Waals surface area contributed by atoms with Gasteiger partial charge in [0.1, 0.15) is 0 Å². The first-order valence-corrected chi connectivity index (χ1v) is 6.02. The van der Waals surface area contributed by atoms with Gasteiger partial charge < -0.3 is 11.1 Å². The monoisotopic (exact) mass is 253 g/mol. The van der Waals surface area contributed by atoms with E-state index in [1.54, 1.807) is 0 Å². The van der Waals surface area contributed by atoms with Crippen LogP contribution in [0, 0.1) is 0 Å². The van der Waals surface area contributed by atoms with Crippen LogP contribution < -0.4 is 11.1 Å². The Kier molecular flexibility index (Phi) is 3.99. The number of amides is 1. The van der Waals surface area contributed by atoms with Gasteiger partial charge in [-0.15, -0.1) is 0 Å². The molecule has 0 radical (unpaired) electrons. The lowest BCUT2D eigenvalue weighted by Gasteiger charge is -2.32. The molecule has 0 aromatic heterocycles. The minimum Gasteiger partial charge on any atom is -0.368 e. The van der Waals surface area contributed by atoms with Gasteiger partial charge in [0.05, 0.1) is 6.04 Å². The summed E-state index contributed by atoms with van der Waals surface area (Å²) in [6, 6.07) is 7.53. The topological polar surface area (TPSA) is 58.4 Å². The maximum Gasteiger partial charge on any atom is 0.235 e. The number of hydrogen-bond acceptors (Lipinski definition) is 3. The van der Waals surface area contributed by atoms with Crippen molar-refractivity contribution in [3.8, 4) is 0 Å². The van der Waals surface area contributed by atoms with E-state index < -0.39 is 0 Å². The van der Waals surface area contributed by atoms with E-state index in [-0.39, 0.29) is 11.9 Å². The molecule has 1 aliphatic rings. The standard InChI is InChI=1S/C12H16ClN3O/c13-10-3-1-2-9(6-10)7-16-5-4-15-11(8-16)12(14)17/h1-3,6,11,15H,4-5,7-8H2,(H2,14,17). The van der Waals surface area contributed by atoms with Crippen LogP contribution in [0.25, 0.3) is 0 Å². The molecule has 1 heterocycles. The van der Waals surface area contributed by atoms with Crippen LogP contribution >= 0.6 is 11.6 Å². The molecule has 1 fully saturated rings. The zero-order valence-corrected chi connectivity index (χ0v) is 10.3. The number of benzene rings is 1. The smallest absolute Gasteiger partial charge is 0.235 e. The summed E-state index contributed by atoms with van der Waals surface area (Å²) in [5.41, 5.74) is 6.45. The lowest BCUT2D eigenvalue weighted by atomic mass is 10.1. The number of nitrogens with two attached hydrogens (primary N) is 1. The summed E-state index contributed by atoms with van der Waals surface area (Å²) in [6.07, 6.45) is 0. The lowest BCUT2D eigenvalue weighted by Crippen LogP contribution is -2.55. The number of nitrogens with zero attached hydrogens (tertiary/aromatic N) is 1. The Morgan fingerprint density at radius 3 is 3.12 bits per heavy atom. The van der Waals surface area contributed by atoms with Crippen LogP contribution in [0.3, 0.4) is 0 Å². The van der Waals surface area contributed by atoms with E-state index in [9.17, 15) is 4.79 Å². The molecule has 0 bridgehead atoms. The summed E-state index contributed by atoms with van der Waals surface area (Å²) in [5, 5.41) is 3.84. The summed E-state index contributed by atoms with van der Waals surface area (Å²) in [4.78, 5) is 13.3. The Labute approximate surface area is 106 Å². The van der Waals surface area contributed by atoms with Gasteiger partial charge in [-0.3, -0.25) is 9.69 Å². The van der Waals surface area contributed by atoms with Crippen LogP contribution in [0.1, 0.15) is 5.56 Å². The average Bonchev–Trinajstić information content (AvgIpc) is 2.29. The van der Waals surface area contributed by atoms with Crippen molar-refractivity contribution in [2.45, 2.75) is 12.6 Å². The fraction of sp³-hybridized carbons (Fsp3) is 0.417. The number of primary amides is 1. The van der Waals surface area contributed by atoms with Crippen molar-refractivity contribution in [2.75, 3.05) is 19.6 Å². The van der Waals surface area contributed by atoms with Crippen molar-refractivity contribution in [1.82, 2.24) is 10.2 Å². The van der Waals surface area contributed by atoms with Gasteiger partial charge in [-0.05, 0) is 17.7 Å². The quantitative estimate of drug-likeness (QED) is 0.830. The summed E-state index contributed by atoms with van der Waals surface area (Å²) in [7, 11) is 0. The van der Waals surface area contributed by atoms with Crippen LogP contribution in [-0.2, 0) is 11.3 Å². The van der Waals surface area contributed by atoms with Gasteiger partial charge in [0.2, 0.25) is 5.91 Å².